The maximum Gasteiger partial charge on any atom is 0.240 e. The largest absolute Gasteiger partial charge is 0.490 e. The molecule has 1 heterocycles. The number of likely N-dealkylation sites (N-methyl/N-ethyl adjacent to an activating group) is 1. The predicted molar refractivity (Wildman–Crippen MR) is 83.7 cm³/mol. The molecule has 1 N–H and O–H groups in total. The summed E-state index contributed by atoms with van der Waals surface area (Å²) in [4.78, 5) is 13.9. The SMILES string of the molecule is CN(CCOc1ccccc1Cl)C(=O)C1CSCCN1. The average Bonchev–Trinajstić information content (AvgIpc) is 2.49. The number of hydrogen-bond acceptors (Lipinski definition) is 4. The molecule has 1 fully saturated rings. The fraction of sp³-hybridized carbons (Fsp3) is 0.500. The van der Waals surface area contributed by atoms with E-state index in [1.165, 1.54) is 0 Å². The van der Waals surface area contributed by atoms with Crippen molar-refractivity contribution in [3.05, 3.63) is 29.3 Å². The fourth-order valence-electron chi connectivity index (χ4n) is 1.95. The third kappa shape index (κ3) is 4.30. The Bertz CT molecular complexity index is 453. The normalized spacial score (nSPS) is 18.6. The zero-order chi connectivity index (χ0) is 14.4. The van der Waals surface area contributed by atoms with Crippen molar-refractivity contribution in [2.75, 3.05) is 38.2 Å². The highest BCUT2D eigenvalue weighted by Crippen LogP contribution is 2.22. The van der Waals surface area contributed by atoms with E-state index in [0.29, 0.717) is 23.9 Å². The van der Waals surface area contributed by atoms with Gasteiger partial charge in [0.1, 0.15) is 12.4 Å². The Kier molecular flexibility index (Phi) is 6.01. The zero-order valence-corrected chi connectivity index (χ0v) is 13.0. The lowest BCUT2D eigenvalue weighted by molar-refractivity contribution is -0.131. The topological polar surface area (TPSA) is 41.6 Å². The van der Waals surface area contributed by atoms with Crippen LogP contribution in [0.15, 0.2) is 24.3 Å². The molecule has 0 radical (unpaired) electrons. The van der Waals surface area contributed by atoms with Gasteiger partial charge in [0.2, 0.25) is 5.91 Å². The standard InChI is InChI=1S/C14H19ClN2O2S/c1-17(14(18)12-10-20-9-6-16-12)7-8-19-13-5-3-2-4-11(13)15/h2-5,12,16H,6-10H2,1H3. The summed E-state index contributed by atoms with van der Waals surface area (Å²) in [7, 11) is 1.80. The van der Waals surface area contributed by atoms with E-state index in [1.807, 2.05) is 30.0 Å². The zero-order valence-electron chi connectivity index (χ0n) is 11.5. The van der Waals surface area contributed by atoms with Gasteiger partial charge in [0, 0.05) is 25.1 Å². The van der Waals surface area contributed by atoms with Gasteiger partial charge in [0.05, 0.1) is 17.6 Å². The van der Waals surface area contributed by atoms with E-state index >= 15 is 0 Å². The second-order valence-corrected chi connectivity index (χ2v) is 6.18. The molecule has 0 aromatic heterocycles. The second kappa shape index (κ2) is 7.76. The minimum atomic E-state index is -0.0703. The van der Waals surface area contributed by atoms with E-state index in [0.717, 1.165) is 18.1 Å². The number of hydrogen-bond donors (Lipinski definition) is 1. The number of ether oxygens (including phenoxy) is 1. The van der Waals surface area contributed by atoms with E-state index in [2.05, 4.69) is 5.32 Å². The van der Waals surface area contributed by atoms with Crippen molar-refractivity contribution in [3.8, 4) is 5.75 Å². The molecule has 1 atom stereocenters. The Morgan fingerprint density at radius 2 is 2.35 bits per heavy atom. The first-order chi connectivity index (χ1) is 9.68. The highest BCUT2D eigenvalue weighted by Gasteiger charge is 2.23. The number of rotatable bonds is 5. The van der Waals surface area contributed by atoms with Crippen molar-refractivity contribution in [2.45, 2.75) is 6.04 Å². The van der Waals surface area contributed by atoms with Crippen molar-refractivity contribution in [1.29, 1.82) is 0 Å². The lowest BCUT2D eigenvalue weighted by atomic mass is 10.3. The van der Waals surface area contributed by atoms with E-state index in [1.54, 1.807) is 18.0 Å². The second-order valence-electron chi connectivity index (χ2n) is 4.62. The van der Waals surface area contributed by atoms with Gasteiger partial charge in [-0.25, -0.2) is 0 Å². The molecule has 2 rings (SSSR count). The van der Waals surface area contributed by atoms with Crippen LogP contribution in [0.1, 0.15) is 0 Å². The first kappa shape index (κ1) is 15.5. The number of nitrogens with one attached hydrogen (secondary N) is 1. The van der Waals surface area contributed by atoms with Crippen LogP contribution in [-0.2, 0) is 4.79 Å². The minimum Gasteiger partial charge on any atom is -0.490 e. The number of halogens is 1. The first-order valence-corrected chi connectivity index (χ1v) is 8.15. The van der Waals surface area contributed by atoms with Crippen LogP contribution in [0.3, 0.4) is 0 Å². The van der Waals surface area contributed by atoms with Gasteiger partial charge in [0.15, 0.2) is 0 Å². The van der Waals surface area contributed by atoms with Crippen LogP contribution in [0, 0.1) is 0 Å². The number of amides is 1. The van der Waals surface area contributed by atoms with E-state index < -0.39 is 0 Å². The van der Waals surface area contributed by atoms with Crippen molar-refractivity contribution in [2.24, 2.45) is 0 Å². The number of carbonyl (C=O) groups is 1. The summed E-state index contributed by atoms with van der Waals surface area (Å²) in [6.07, 6.45) is 0. The molecule has 110 valence electrons. The molecule has 0 aliphatic carbocycles. The van der Waals surface area contributed by atoms with Crippen LogP contribution in [-0.4, -0.2) is 55.1 Å². The van der Waals surface area contributed by atoms with Crippen molar-refractivity contribution in [1.82, 2.24) is 10.2 Å². The third-order valence-corrected chi connectivity index (χ3v) is 4.49. The molecule has 4 nitrogen and oxygen atoms in total. The Hall–Kier alpha value is -0.910. The number of benzene rings is 1. The monoisotopic (exact) mass is 314 g/mol. The molecule has 20 heavy (non-hydrogen) atoms. The summed E-state index contributed by atoms with van der Waals surface area (Å²) in [6, 6.07) is 7.27. The van der Waals surface area contributed by atoms with Gasteiger partial charge >= 0.3 is 0 Å². The first-order valence-electron chi connectivity index (χ1n) is 6.62. The fourth-order valence-corrected chi connectivity index (χ4v) is 3.07. The minimum absolute atomic E-state index is 0.0703. The van der Waals surface area contributed by atoms with Gasteiger partial charge in [-0.2, -0.15) is 11.8 Å². The van der Waals surface area contributed by atoms with E-state index in [4.69, 9.17) is 16.3 Å². The van der Waals surface area contributed by atoms with Crippen molar-refractivity contribution >= 4 is 29.3 Å². The van der Waals surface area contributed by atoms with Crippen LogP contribution in [0.2, 0.25) is 5.02 Å². The molecule has 0 spiro atoms. The molecule has 1 aliphatic heterocycles. The molecule has 1 aromatic rings. The summed E-state index contributed by atoms with van der Waals surface area (Å²) >= 11 is 7.82. The molecule has 0 saturated carbocycles. The molecular formula is C14H19ClN2O2S. The van der Waals surface area contributed by atoms with Gasteiger partial charge in [-0.3, -0.25) is 4.79 Å². The Labute approximate surface area is 128 Å². The number of nitrogens with zero attached hydrogens (tertiary/aromatic N) is 1. The van der Waals surface area contributed by atoms with Gasteiger partial charge in [0.25, 0.3) is 0 Å². The molecule has 1 saturated heterocycles. The van der Waals surface area contributed by atoms with Gasteiger partial charge < -0.3 is 15.0 Å². The number of para-hydroxylation sites is 1. The van der Waals surface area contributed by atoms with Gasteiger partial charge in [-0.1, -0.05) is 23.7 Å². The quantitative estimate of drug-likeness (QED) is 0.901. The van der Waals surface area contributed by atoms with Crippen LogP contribution >= 0.6 is 23.4 Å². The average molecular weight is 315 g/mol. The van der Waals surface area contributed by atoms with Crippen LogP contribution in [0.5, 0.6) is 5.75 Å². The summed E-state index contributed by atoms with van der Waals surface area (Å²) in [5, 5.41) is 3.83. The number of thioether (sulfide) groups is 1. The number of carbonyl (C=O) groups excluding carboxylic acids is 1. The molecule has 1 aliphatic rings. The summed E-state index contributed by atoms with van der Waals surface area (Å²) in [6.45, 7) is 1.88. The van der Waals surface area contributed by atoms with E-state index in [-0.39, 0.29) is 11.9 Å². The molecule has 1 amide bonds. The Morgan fingerprint density at radius 1 is 1.55 bits per heavy atom. The maximum absolute atomic E-state index is 12.2. The smallest absolute Gasteiger partial charge is 0.240 e. The molecular weight excluding hydrogens is 296 g/mol. The lowest BCUT2D eigenvalue weighted by Gasteiger charge is -2.27. The lowest BCUT2D eigenvalue weighted by Crippen LogP contribution is -2.50. The third-order valence-electron chi connectivity index (χ3n) is 3.12. The van der Waals surface area contributed by atoms with E-state index in [9.17, 15) is 4.79 Å². The predicted octanol–water partition coefficient (Wildman–Crippen LogP) is 1.88. The van der Waals surface area contributed by atoms with Crippen molar-refractivity contribution in [3.63, 3.8) is 0 Å². The summed E-state index contributed by atoms with van der Waals surface area (Å²) in [5.41, 5.74) is 0. The molecule has 0 bridgehead atoms. The van der Waals surface area contributed by atoms with Crippen LogP contribution in [0.4, 0.5) is 0 Å². The summed E-state index contributed by atoms with van der Waals surface area (Å²) < 4.78 is 5.59. The highest BCUT2D eigenvalue weighted by atomic mass is 35.5. The Morgan fingerprint density at radius 3 is 3.05 bits per heavy atom. The molecule has 1 unspecified atom stereocenters. The van der Waals surface area contributed by atoms with Crippen molar-refractivity contribution < 1.29 is 9.53 Å². The molecule has 1 aromatic carbocycles. The Balaban J connectivity index is 1.75. The highest BCUT2D eigenvalue weighted by molar-refractivity contribution is 7.99. The van der Waals surface area contributed by atoms with Gasteiger partial charge in [-0.15, -0.1) is 0 Å². The maximum atomic E-state index is 12.2. The summed E-state index contributed by atoms with van der Waals surface area (Å²) in [5.74, 6) is 2.69. The van der Waals surface area contributed by atoms with Crippen LogP contribution in [0.25, 0.3) is 0 Å². The van der Waals surface area contributed by atoms with Crippen LogP contribution < -0.4 is 10.1 Å². The molecule has 6 heteroatoms. The van der Waals surface area contributed by atoms with Gasteiger partial charge in [-0.05, 0) is 12.1 Å².